The van der Waals surface area contributed by atoms with Crippen LogP contribution in [0, 0.1) is 5.92 Å². The third-order valence-electron chi connectivity index (χ3n) is 3.68. The molecular formula is C13H27N3O2. The Bertz CT molecular complexity index is 261. The minimum absolute atomic E-state index is 0.0619. The Labute approximate surface area is 110 Å². The van der Waals surface area contributed by atoms with Crippen molar-refractivity contribution >= 4 is 5.91 Å². The summed E-state index contributed by atoms with van der Waals surface area (Å²) in [5.74, 6) is 0.758. The molecule has 5 heteroatoms. The summed E-state index contributed by atoms with van der Waals surface area (Å²) in [7, 11) is 1.63. The number of nitrogens with one attached hydrogen (secondary N) is 1. The van der Waals surface area contributed by atoms with E-state index < -0.39 is 0 Å². The molecule has 3 atom stereocenters. The van der Waals surface area contributed by atoms with E-state index >= 15 is 0 Å². The van der Waals surface area contributed by atoms with Crippen LogP contribution in [0.5, 0.6) is 0 Å². The number of carbonyl (C=O) groups is 1. The molecule has 0 saturated carbocycles. The van der Waals surface area contributed by atoms with Gasteiger partial charge in [-0.2, -0.15) is 0 Å². The SMILES string of the molecule is COCCNC(=O)CN1C(C)CC(C)CC1CN. The van der Waals surface area contributed by atoms with Crippen LogP contribution in [-0.2, 0) is 9.53 Å². The average Bonchev–Trinajstić information content (AvgIpc) is 2.32. The molecule has 1 saturated heterocycles. The van der Waals surface area contributed by atoms with Gasteiger partial charge in [-0.05, 0) is 25.7 Å². The van der Waals surface area contributed by atoms with Crippen molar-refractivity contribution in [3.05, 3.63) is 0 Å². The minimum Gasteiger partial charge on any atom is -0.383 e. The fourth-order valence-electron chi connectivity index (χ4n) is 2.80. The number of amides is 1. The second-order valence-corrected chi connectivity index (χ2v) is 5.33. The van der Waals surface area contributed by atoms with Gasteiger partial charge in [-0.15, -0.1) is 0 Å². The number of hydrogen-bond donors (Lipinski definition) is 2. The zero-order chi connectivity index (χ0) is 13.5. The fourth-order valence-corrected chi connectivity index (χ4v) is 2.80. The van der Waals surface area contributed by atoms with Crippen LogP contribution >= 0.6 is 0 Å². The Morgan fingerprint density at radius 2 is 2.17 bits per heavy atom. The maximum Gasteiger partial charge on any atom is 0.234 e. The third-order valence-corrected chi connectivity index (χ3v) is 3.68. The number of nitrogens with zero attached hydrogens (tertiary/aromatic N) is 1. The van der Waals surface area contributed by atoms with Gasteiger partial charge in [0.2, 0.25) is 5.91 Å². The second kappa shape index (κ2) is 7.71. The first-order valence-electron chi connectivity index (χ1n) is 6.79. The van der Waals surface area contributed by atoms with Gasteiger partial charge in [0.25, 0.3) is 0 Å². The lowest BCUT2D eigenvalue weighted by molar-refractivity contribution is -0.124. The summed E-state index contributed by atoms with van der Waals surface area (Å²) < 4.78 is 4.91. The van der Waals surface area contributed by atoms with Crippen molar-refractivity contribution in [2.45, 2.75) is 38.8 Å². The van der Waals surface area contributed by atoms with Crippen molar-refractivity contribution in [1.29, 1.82) is 0 Å². The summed E-state index contributed by atoms with van der Waals surface area (Å²) >= 11 is 0. The molecule has 0 aromatic carbocycles. The number of methoxy groups -OCH3 is 1. The van der Waals surface area contributed by atoms with E-state index in [1.807, 2.05) is 0 Å². The lowest BCUT2D eigenvalue weighted by Crippen LogP contribution is -2.54. The molecule has 3 unspecified atom stereocenters. The highest BCUT2D eigenvalue weighted by molar-refractivity contribution is 5.78. The number of carbonyl (C=O) groups excluding carboxylic acids is 1. The highest BCUT2D eigenvalue weighted by Crippen LogP contribution is 2.26. The topological polar surface area (TPSA) is 67.6 Å². The zero-order valence-electron chi connectivity index (χ0n) is 11.8. The van der Waals surface area contributed by atoms with Gasteiger partial charge in [0, 0.05) is 32.3 Å². The molecule has 0 aromatic heterocycles. The van der Waals surface area contributed by atoms with E-state index in [0.717, 1.165) is 12.8 Å². The third kappa shape index (κ3) is 4.55. The van der Waals surface area contributed by atoms with Gasteiger partial charge in [0.05, 0.1) is 13.2 Å². The Morgan fingerprint density at radius 1 is 1.44 bits per heavy atom. The molecule has 18 heavy (non-hydrogen) atoms. The predicted molar refractivity (Wildman–Crippen MR) is 72.3 cm³/mol. The molecule has 5 nitrogen and oxygen atoms in total. The summed E-state index contributed by atoms with van der Waals surface area (Å²) in [6.07, 6.45) is 2.23. The summed E-state index contributed by atoms with van der Waals surface area (Å²) in [5, 5.41) is 2.86. The fraction of sp³-hybridized carbons (Fsp3) is 0.923. The van der Waals surface area contributed by atoms with Crippen molar-refractivity contribution in [2.24, 2.45) is 11.7 Å². The number of hydrogen-bond acceptors (Lipinski definition) is 4. The number of likely N-dealkylation sites (tertiary alicyclic amines) is 1. The van der Waals surface area contributed by atoms with Crippen LogP contribution in [0.4, 0.5) is 0 Å². The first-order valence-corrected chi connectivity index (χ1v) is 6.79. The minimum atomic E-state index is 0.0619. The maximum absolute atomic E-state index is 11.8. The van der Waals surface area contributed by atoms with E-state index in [1.165, 1.54) is 0 Å². The number of piperidine rings is 1. The van der Waals surface area contributed by atoms with E-state index in [2.05, 4.69) is 24.1 Å². The smallest absolute Gasteiger partial charge is 0.234 e. The first-order chi connectivity index (χ1) is 8.58. The number of ether oxygens (including phenoxy) is 1. The van der Waals surface area contributed by atoms with Gasteiger partial charge >= 0.3 is 0 Å². The van der Waals surface area contributed by atoms with Crippen LogP contribution in [0.15, 0.2) is 0 Å². The molecule has 3 N–H and O–H groups in total. The molecule has 1 amide bonds. The molecule has 1 rings (SSSR count). The first kappa shape index (κ1) is 15.4. The molecule has 1 heterocycles. The zero-order valence-corrected chi connectivity index (χ0v) is 11.8. The average molecular weight is 257 g/mol. The van der Waals surface area contributed by atoms with E-state index in [-0.39, 0.29) is 5.91 Å². The van der Waals surface area contributed by atoms with E-state index in [0.29, 0.717) is 44.2 Å². The summed E-state index contributed by atoms with van der Waals surface area (Å²) in [6.45, 7) is 6.63. The van der Waals surface area contributed by atoms with E-state index in [1.54, 1.807) is 7.11 Å². The molecule has 0 radical (unpaired) electrons. The van der Waals surface area contributed by atoms with E-state index in [4.69, 9.17) is 10.5 Å². The molecule has 1 fully saturated rings. The molecule has 1 aliphatic heterocycles. The molecule has 0 spiro atoms. The van der Waals surface area contributed by atoms with Crippen LogP contribution in [0.3, 0.4) is 0 Å². The quantitative estimate of drug-likeness (QED) is 0.667. The van der Waals surface area contributed by atoms with Gasteiger partial charge in [0.15, 0.2) is 0 Å². The summed E-state index contributed by atoms with van der Waals surface area (Å²) in [6, 6.07) is 0.757. The number of nitrogens with two attached hydrogens (primary N) is 1. The molecule has 106 valence electrons. The monoisotopic (exact) mass is 257 g/mol. The Kier molecular flexibility index (Phi) is 6.60. The van der Waals surface area contributed by atoms with Gasteiger partial charge < -0.3 is 15.8 Å². The predicted octanol–water partition coefficient (Wildman–Crippen LogP) is 0.197. The van der Waals surface area contributed by atoms with Crippen LogP contribution in [0.1, 0.15) is 26.7 Å². The number of rotatable bonds is 6. The van der Waals surface area contributed by atoms with Crippen molar-refractivity contribution in [3.8, 4) is 0 Å². The standard InChI is InChI=1S/C13H27N3O2/c1-10-6-11(2)16(12(7-10)8-14)9-13(17)15-4-5-18-3/h10-12H,4-9,14H2,1-3H3,(H,15,17). The highest BCUT2D eigenvalue weighted by Gasteiger charge is 2.31. The normalized spacial score (nSPS) is 29.2. The van der Waals surface area contributed by atoms with Crippen molar-refractivity contribution < 1.29 is 9.53 Å². The molecule has 1 aliphatic rings. The van der Waals surface area contributed by atoms with Crippen LogP contribution in [0.25, 0.3) is 0 Å². The Morgan fingerprint density at radius 3 is 2.78 bits per heavy atom. The Hall–Kier alpha value is -0.650. The highest BCUT2D eigenvalue weighted by atomic mass is 16.5. The van der Waals surface area contributed by atoms with Crippen molar-refractivity contribution in [3.63, 3.8) is 0 Å². The maximum atomic E-state index is 11.8. The molecule has 0 aromatic rings. The summed E-state index contributed by atoms with van der Waals surface area (Å²) in [5.41, 5.74) is 5.82. The Balaban J connectivity index is 2.44. The van der Waals surface area contributed by atoms with Crippen LogP contribution < -0.4 is 11.1 Å². The second-order valence-electron chi connectivity index (χ2n) is 5.33. The lowest BCUT2D eigenvalue weighted by atomic mass is 9.88. The van der Waals surface area contributed by atoms with Crippen LogP contribution in [-0.4, -0.2) is 56.2 Å². The van der Waals surface area contributed by atoms with E-state index in [9.17, 15) is 4.79 Å². The van der Waals surface area contributed by atoms with Gasteiger partial charge in [-0.25, -0.2) is 0 Å². The van der Waals surface area contributed by atoms with Crippen molar-refractivity contribution in [2.75, 3.05) is 33.4 Å². The lowest BCUT2D eigenvalue weighted by Gasteiger charge is -2.42. The summed E-state index contributed by atoms with van der Waals surface area (Å²) in [4.78, 5) is 14.1. The molecule has 0 bridgehead atoms. The van der Waals surface area contributed by atoms with Crippen molar-refractivity contribution in [1.82, 2.24) is 10.2 Å². The van der Waals surface area contributed by atoms with Crippen LogP contribution in [0.2, 0.25) is 0 Å². The largest absolute Gasteiger partial charge is 0.383 e. The van der Waals surface area contributed by atoms with Gasteiger partial charge in [-0.3, -0.25) is 9.69 Å². The van der Waals surface area contributed by atoms with Gasteiger partial charge in [-0.1, -0.05) is 6.92 Å². The molecule has 0 aliphatic carbocycles. The van der Waals surface area contributed by atoms with Gasteiger partial charge in [0.1, 0.15) is 0 Å². The molecular weight excluding hydrogens is 230 g/mol.